The van der Waals surface area contributed by atoms with Crippen LogP contribution in [0.15, 0.2) is 12.2 Å². The van der Waals surface area contributed by atoms with Gasteiger partial charge in [0.15, 0.2) is 0 Å². The van der Waals surface area contributed by atoms with Gasteiger partial charge in [-0.2, -0.15) is 0 Å². The van der Waals surface area contributed by atoms with E-state index in [2.05, 4.69) is 24.4 Å². The lowest BCUT2D eigenvalue weighted by molar-refractivity contribution is -0.125. The van der Waals surface area contributed by atoms with Gasteiger partial charge in [-0.15, -0.1) is 0 Å². The van der Waals surface area contributed by atoms with Crippen molar-refractivity contribution in [1.29, 1.82) is 0 Å². The summed E-state index contributed by atoms with van der Waals surface area (Å²) in [6.45, 7) is 2.90. The van der Waals surface area contributed by atoms with Crippen LogP contribution in [0, 0.1) is 0 Å². The molecule has 152 valence electrons. The van der Waals surface area contributed by atoms with Crippen LogP contribution >= 0.6 is 0 Å². The van der Waals surface area contributed by atoms with Gasteiger partial charge in [0.05, 0.1) is 0 Å². The lowest BCUT2D eigenvalue weighted by Gasteiger charge is -2.02. The summed E-state index contributed by atoms with van der Waals surface area (Å²) < 4.78 is 0. The van der Waals surface area contributed by atoms with Crippen LogP contribution in [0.25, 0.3) is 0 Å². The van der Waals surface area contributed by atoms with Crippen LogP contribution in [0.4, 0.5) is 0 Å². The molecule has 26 heavy (non-hydrogen) atoms. The van der Waals surface area contributed by atoms with Crippen molar-refractivity contribution in [2.45, 2.75) is 110 Å². The summed E-state index contributed by atoms with van der Waals surface area (Å²) in [4.78, 5) is 21.9. The van der Waals surface area contributed by atoms with Crippen molar-refractivity contribution in [1.82, 2.24) is 5.32 Å². The highest BCUT2D eigenvalue weighted by atomic mass is 16.2. The zero-order valence-corrected chi connectivity index (χ0v) is 17.1. The van der Waals surface area contributed by atoms with Crippen molar-refractivity contribution < 1.29 is 9.59 Å². The van der Waals surface area contributed by atoms with Crippen molar-refractivity contribution in [2.75, 3.05) is 6.54 Å². The lowest BCUT2D eigenvalue weighted by atomic mass is 10.0. The van der Waals surface area contributed by atoms with E-state index in [0.717, 1.165) is 12.8 Å². The summed E-state index contributed by atoms with van der Waals surface area (Å²) in [6.07, 6.45) is 23.2. The third-order valence-corrected chi connectivity index (χ3v) is 4.62. The number of carbonyl (C=O) groups excluding carboxylic acids is 2. The Morgan fingerprint density at radius 1 is 0.731 bits per heavy atom. The molecule has 0 heterocycles. The maximum Gasteiger partial charge on any atom is 0.220 e. The minimum absolute atomic E-state index is 0.0989. The van der Waals surface area contributed by atoms with E-state index in [9.17, 15) is 9.59 Å². The molecule has 0 aromatic heterocycles. The van der Waals surface area contributed by atoms with E-state index in [0.29, 0.717) is 6.54 Å². The van der Waals surface area contributed by atoms with Crippen molar-refractivity contribution in [3.8, 4) is 0 Å². The number of primary amides is 1. The first-order valence-corrected chi connectivity index (χ1v) is 10.9. The second-order valence-corrected chi connectivity index (χ2v) is 7.25. The van der Waals surface area contributed by atoms with Gasteiger partial charge in [-0.1, -0.05) is 89.7 Å². The second kappa shape index (κ2) is 20.0. The molecule has 4 heteroatoms. The maximum atomic E-state index is 11.4. The van der Waals surface area contributed by atoms with Crippen molar-refractivity contribution >= 4 is 11.8 Å². The fourth-order valence-corrected chi connectivity index (χ4v) is 2.96. The zero-order chi connectivity index (χ0) is 19.3. The smallest absolute Gasteiger partial charge is 0.220 e. The molecule has 3 N–H and O–H groups in total. The van der Waals surface area contributed by atoms with Crippen LogP contribution in [0.2, 0.25) is 0 Å². The van der Waals surface area contributed by atoms with Gasteiger partial charge in [-0.05, 0) is 19.3 Å². The summed E-state index contributed by atoms with van der Waals surface area (Å²) in [5.41, 5.74) is 5.01. The Bertz CT molecular complexity index is 367. The fourth-order valence-electron chi connectivity index (χ4n) is 2.96. The van der Waals surface area contributed by atoms with Crippen LogP contribution in [-0.4, -0.2) is 18.4 Å². The van der Waals surface area contributed by atoms with E-state index >= 15 is 0 Å². The first-order chi connectivity index (χ1) is 12.7. The molecule has 0 aromatic rings. The van der Waals surface area contributed by atoms with Crippen molar-refractivity contribution in [3.63, 3.8) is 0 Å². The average molecular weight is 367 g/mol. The molecule has 0 aliphatic carbocycles. The highest BCUT2D eigenvalue weighted by Crippen LogP contribution is 2.12. The van der Waals surface area contributed by atoms with Gasteiger partial charge in [0.1, 0.15) is 0 Å². The highest BCUT2D eigenvalue weighted by Gasteiger charge is 2.02. The monoisotopic (exact) mass is 366 g/mol. The maximum absolute atomic E-state index is 11.4. The number of nitrogens with one attached hydrogen (secondary N) is 1. The van der Waals surface area contributed by atoms with Gasteiger partial charge in [0, 0.05) is 19.4 Å². The SMILES string of the molecule is CCCCCCCCCCCCCCC=CCCNC(=O)CCC(N)=O. The predicted molar refractivity (Wildman–Crippen MR) is 111 cm³/mol. The standard InChI is InChI=1S/C22H42N2O2/c1-2-3-4-5-6-7-8-9-10-11-12-13-14-15-16-17-20-24-22(26)19-18-21(23)25/h15-16H,2-14,17-20H2,1H3,(H2,23,25)(H,24,26). The Labute approximate surface area is 161 Å². The molecular weight excluding hydrogens is 324 g/mol. The molecule has 0 aromatic carbocycles. The van der Waals surface area contributed by atoms with Crippen molar-refractivity contribution in [2.24, 2.45) is 5.73 Å². The molecule has 2 amide bonds. The molecule has 0 spiro atoms. The number of nitrogens with two attached hydrogens (primary N) is 1. The second-order valence-electron chi connectivity index (χ2n) is 7.25. The topological polar surface area (TPSA) is 72.2 Å². The van der Waals surface area contributed by atoms with Crippen LogP contribution in [0.5, 0.6) is 0 Å². The highest BCUT2D eigenvalue weighted by molar-refractivity contribution is 5.82. The van der Waals surface area contributed by atoms with E-state index in [4.69, 9.17) is 5.73 Å². The molecule has 0 radical (unpaired) electrons. The van der Waals surface area contributed by atoms with Gasteiger partial charge < -0.3 is 11.1 Å². The fraction of sp³-hybridized carbons (Fsp3) is 0.818. The normalized spacial score (nSPS) is 11.1. The molecule has 0 fully saturated rings. The van der Waals surface area contributed by atoms with Crippen LogP contribution < -0.4 is 11.1 Å². The molecule has 0 unspecified atom stereocenters. The minimum atomic E-state index is -0.428. The van der Waals surface area contributed by atoms with Crippen LogP contribution in [0.3, 0.4) is 0 Å². The van der Waals surface area contributed by atoms with Gasteiger partial charge in [-0.3, -0.25) is 9.59 Å². The third kappa shape index (κ3) is 20.7. The first-order valence-electron chi connectivity index (χ1n) is 10.9. The lowest BCUT2D eigenvalue weighted by Crippen LogP contribution is -2.25. The summed E-state index contributed by atoms with van der Waals surface area (Å²) in [7, 11) is 0. The number of hydrogen-bond donors (Lipinski definition) is 2. The number of rotatable bonds is 19. The van der Waals surface area contributed by atoms with Crippen molar-refractivity contribution in [3.05, 3.63) is 12.2 Å². The molecule has 0 saturated heterocycles. The number of amides is 2. The summed E-state index contributed by atoms with van der Waals surface area (Å²) in [5.74, 6) is -0.527. The average Bonchev–Trinajstić information content (AvgIpc) is 2.62. The van der Waals surface area contributed by atoms with Gasteiger partial charge in [0.25, 0.3) is 0 Å². The molecule has 0 bridgehead atoms. The van der Waals surface area contributed by atoms with Crippen LogP contribution in [0.1, 0.15) is 110 Å². The quantitative estimate of drug-likeness (QED) is 0.237. The molecular formula is C22H42N2O2. The van der Waals surface area contributed by atoms with Gasteiger partial charge >= 0.3 is 0 Å². The van der Waals surface area contributed by atoms with E-state index in [1.54, 1.807) is 0 Å². The molecule has 4 nitrogen and oxygen atoms in total. The number of unbranched alkanes of at least 4 members (excludes halogenated alkanes) is 12. The zero-order valence-electron chi connectivity index (χ0n) is 17.1. The molecule has 0 saturated carbocycles. The van der Waals surface area contributed by atoms with Gasteiger partial charge in [-0.25, -0.2) is 0 Å². The Morgan fingerprint density at radius 3 is 1.77 bits per heavy atom. The molecule has 0 rings (SSSR count). The predicted octanol–water partition coefficient (Wildman–Crippen LogP) is 5.41. The number of carbonyl (C=O) groups is 2. The number of hydrogen-bond acceptors (Lipinski definition) is 2. The summed E-state index contributed by atoms with van der Waals surface area (Å²) in [5, 5.41) is 2.79. The van der Waals surface area contributed by atoms with Gasteiger partial charge in [0.2, 0.25) is 11.8 Å². The van der Waals surface area contributed by atoms with Crippen LogP contribution in [-0.2, 0) is 9.59 Å². The molecule has 0 aliphatic heterocycles. The Morgan fingerprint density at radius 2 is 1.23 bits per heavy atom. The summed E-state index contributed by atoms with van der Waals surface area (Å²) >= 11 is 0. The van der Waals surface area contributed by atoms with E-state index < -0.39 is 5.91 Å². The summed E-state index contributed by atoms with van der Waals surface area (Å²) in [6, 6.07) is 0. The van der Waals surface area contributed by atoms with E-state index in [1.165, 1.54) is 77.0 Å². The molecule has 0 atom stereocenters. The Balaban J connectivity index is 3.19. The third-order valence-electron chi connectivity index (χ3n) is 4.62. The van der Waals surface area contributed by atoms with E-state index in [-0.39, 0.29) is 18.7 Å². The minimum Gasteiger partial charge on any atom is -0.370 e. The largest absolute Gasteiger partial charge is 0.370 e. The Hall–Kier alpha value is -1.32. The number of allylic oxidation sites excluding steroid dienone is 1. The molecule has 0 aliphatic rings. The van der Waals surface area contributed by atoms with E-state index in [1.807, 2.05) is 0 Å². The Kier molecular flexibility index (Phi) is 19.0. The first kappa shape index (κ1) is 24.7.